The van der Waals surface area contributed by atoms with Crippen molar-refractivity contribution in [2.75, 3.05) is 5.32 Å². The number of fused-ring (bicyclic) bond motifs is 1. The average Bonchev–Trinajstić information content (AvgIpc) is 3.00. The first-order valence-corrected chi connectivity index (χ1v) is 8.70. The van der Waals surface area contributed by atoms with Crippen molar-refractivity contribution in [3.63, 3.8) is 0 Å². The Morgan fingerprint density at radius 3 is 3.00 bits per heavy atom. The topological polar surface area (TPSA) is 64.0 Å². The highest BCUT2D eigenvalue weighted by Crippen LogP contribution is 2.20. The molecule has 2 heterocycles. The monoisotopic (exact) mass is 391 g/mol. The molecule has 1 N–H and O–H groups in total. The van der Waals surface area contributed by atoms with Gasteiger partial charge in [-0.2, -0.15) is 0 Å². The van der Waals surface area contributed by atoms with E-state index in [4.69, 9.17) is 0 Å². The molecule has 0 fully saturated rings. The van der Waals surface area contributed by atoms with Gasteiger partial charge < -0.3 is 5.32 Å². The minimum absolute atomic E-state index is 0.109. The van der Waals surface area contributed by atoms with Gasteiger partial charge >= 0.3 is 0 Å². The summed E-state index contributed by atoms with van der Waals surface area (Å²) in [5.74, 6) is -0.141. The van der Waals surface area contributed by atoms with Gasteiger partial charge in [0.25, 0.3) is 5.56 Å². The van der Waals surface area contributed by atoms with Crippen LogP contribution in [0.2, 0.25) is 0 Å². The zero-order valence-corrected chi connectivity index (χ0v) is 14.8. The third-order valence-electron chi connectivity index (χ3n) is 3.49. The second kappa shape index (κ2) is 6.64. The van der Waals surface area contributed by atoms with Crippen LogP contribution in [0.15, 0.2) is 45.2 Å². The van der Waals surface area contributed by atoms with Gasteiger partial charge in [0.15, 0.2) is 0 Å². The van der Waals surface area contributed by atoms with Gasteiger partial charge in [0, 0.05) is 23.1 Å². The van der Waals surface area contributed by atoms with Crippen LogP contribution in [0.3, 0.4) is 0 Å². The Bertz CT molecular complexity index is 932. The van der Waals surface area contributed by atoms with Gasteiger partial charge in [0.1, 0.15) is 4.83 Å². The Hall–Kier alpha value is -1.99. The molecular weight excluding hydrogens is 378 g/mol. The van der Waals surface area contributed by atoms with Crippen molar-refractivity contribution in [1.82, 2.24) is 9.55 Å². The molecule has 0 unspecified atom stereocenters. The van der Waals surface area contributed by atoms with Crippen molar-refractivity contribution in [1.29, 1.82) is 0 Å². The van der Waals surface area contributed by atoms with E-state index in [1.807, 2.05) is 30.5 Å². The van der Waals surface area contributed by atoms with Crippen molar-refractivity contribution in [2.45, 2.75) is 19.9 Å². The van der Waals surface area contributed by atoms with Gasteiger partial charge in [0.05, 0.1) is 11.7 Å². The fraction of sp³-hybridized carbons (Fsp3) is 0.188. The molecule has 0 atom stereocenters. The van der Waals surface area contributed by atoms with E-state index >= 15 is 0 Å². The Morgan fingerprint density at radius 2 is 2.22 bits per heavy atom. The first-order chi connectivity index (χ1) is 11.0. The molecule has 0 saturated carbocycles. The minimum Gasteiger partial charge on any atom is -0.326 e. The summed E-state index contributed by atoms with van der Waals surface area (Å²) in [6, 6.07) is 7.40. The molecule has 3 aromatic rings. The Morgan fingerprint density at radius 1 is 1.39 bits per heavy atom. The van der Waals surface area contributed by atoms with E-state index in [2.05, 4.69) is 26.2 Å². The lowest BCUT2D eigenvalue weighted by Gasteiger charge is -2.08. The average molecular weight is 392 g/mol. The molecule has 0 bridgehead atoms. The van der Waals surface area contributed by atoms with E-state index in [1.54, 1.807) is 6.07 Å². The minimum atomic E-state index is -0.141. The molecule has 0 aliphatic rings. The number of rotatable bonds is 4. The fourth-order valence-corrected chi connectivity index (χ4v) is 3.27. The first-order valence-electron chi connectivity index (χ1n) is 7.03. The predicted octanol–water partition coefficient (Wildman–Crippen LogP) is 3.56. The van der Waals surface area contributed by atoms with Crippen molar-refractivity contribution < 1.29 is 4.79 Å². The van der Waals surface area contributed by atoms with E-state index in [0.717, 1.165) is 20.6 Å². The molecule has 2 aromatic heterocycles. The number of carbonyl (C=O) groups excluding carboxylic acids is 1. The Labute approximate surface area is 145 Å². The number of aryl methyl sites for hydroxylation is 2. The van der Waals surface area contributed by atoms with Gasteiger partial charge in [-0.25, -0.2) is 4.98 Å². The lowest BCUT2D eigenvalue weighted by molar-refractivity contribution is -0.116. The summed E-state index contributed by atoms with van der Waals surface area (Å²) >= 11 is 4.87. The summed E-state index contributed by atoms with van der Waals surface area (Å²) in [5, 5.41) is 5.27. The molecule has 118 valence electrons. The number of aromatic nitrogens is 2. The number of nitrogens with one attached hydrogen (secondary N) is 1. The Kier molecular flexibility index (Phi) is 4.58. The SMILES string of the molecule is Cc1ccc(NC(=O)CCn2cnc3sccc3c2=O)cc1Br. The van der Waals surface area contributed by atoms with Crippen molar-refractivity contribution in [2.24, 2.45) is 0 Å². The van der Waals surface area contributed by atoms with E-state index < -0.39 is 0 Å². The number of nitrogens with zero attached hydrogens (tertiary/aromatic N) is 2. The van der Waals surface area contributed by atoms with Crippen LogP contribution in [-0.2, 0) is 11.3 Å². The third kappa shape index (κ3) is 3.51. The molecule has 0 aliphatic heterocycles. The molecule has 0 saturated heterocycles. The quantitative estimate of drug-likeness (QED) is 0.739. The maximum absolute atomic E-state index is 12.2. The highest BCUT2D eigenvalue weighted by molar-refractivity contribution is 9.10. The third-order valence-corrected chi connectivity index (χ3v) is 5.16. The zero-order chi connectivity index (χ0) is 16.4. The maximum Gasteiger partial charge on any atom is 0.262 e. The normalized spacial score (nSPS) is 10.9. The summed E-state index contributed by atoms with van der Waals surface area (Å²) < 4.78 is 2.42. The molecule has 7 heteroatoms. The predicted molar refractivity (Wildman–Crippen MR) is 96.0 cm³/mol. The standard InChI is InChI=1S/C16H14BrN3O2S/c1-10-2-3-11(8-13(10)17)19-14(21)4-6-20-9-18-15-12(16(20)22)5-7-23-15/h2-3,5,7-9H,4,6H2,1H3,(H,19,21). The Balaban J connectivity index is 1.67. The largest absolute Gasteiger partial charge is 0.326 e. The molecule has 0 spiro atoms. The summed E-state index contributed by atoms with van der Waals surface area (Å²) in [6.45, 7) is 2.28. The van der Waals surface area contributed by atoms with Crippen LogP contribution in [0.25, 0.3) is 10.2 Å². The van der Waals surface area contributed by atoms with Crippen molar-refractivity contribution in [3.8, 4) is 0 Å². The summed E-state index contributed by atoms with van der Waals surface area (Å²) in [4.78, 5) is 29.2. The molecule has 0 radical (unpaired) electrons. The van der Waals surface area contributed by atoms with Crippen LogP contribution < -0.4 is 10.9 Å². The summed E-state index contributed by atoms with van der Waals surface area (Å²) in [6.07, 6.45) is 1.71. The van der Waals surface area contributed by atoms with E-state index in [9.17, 15) is 9.59 Å². The van der Waals surface area contributed by atoms with Crippen LogP contribution in [0.5, 0.6) is 0 Å². The lowest BCUT2D eigenvalue weighted by atomic mass is 10.2. The van der Waals surface area contributed by atoms with Gasteiger partial charge in [-0.15, -0.1) is 11.3 Å². The van der Waals surface area contributed by atoms with Crippen LogP contribution in [0.1, 0.15) is 12.0 Å². The van der Waals surface area contributed by atoms with E-state index in [0.29, 0.717) is 11.9 Å². The van der Waals surface area contributed by atoms with Crippen LogP contribution >= 0.6 is 27.3 Å². The molecular formula is C16H14BrN3O2S. The first kappa shape index (κ1) is 15.9. The number of carbonyl (C=O) groups is 1. The molecule has 5 nitrogen and oxygen atoms in total. The number of thiophene rings is 1. The van der Waals surface area contributed by atoms with Crippen LogP contribution in [0, 0.1) is 6.92 Å². The number of hydrogen-bond acceptors (Lipinski definition) is 4. The zero-order valence-electron chi connectivity index (χ0n) is 12.4. The van der Waals surface area contributed by atoms with Crippen molar-refractivity contribution >= 4 is 49.1 Å². The van der Waals surface area contributed by atoms with E-state index in [-0.39, 0.29) is 17.9 Å². The number of anilines is 1. The summed E-state index contributed by atoms with van der Waals surface area (Å²) in [7, 11) is 0. The van der Waals surface area contributed by atoms with Gasteiger partial charge in [-0.1, -0.05) is 22.0 Å². The molecule has 1 aromatic carbocycles. The molecule has 0 aliphatic carbocycles. The number of halogens is 1. The number of hydrogen-bond donors (Lipinski definition) is 1. The molecule has 1 amide bonds. The fourth-order valence-electron chi connectivity index (χ4n) is 2.17. The van der Waals surface area contributed by atoms with Gasteiger partial charge in [0.2, 0.25) is 5.91 Å². The highest BCUT2D eigenvalue weighted by atomic mass is 79.9. The maximum atomic E-state index is 12.2. The van der Waals surface area contributed by atoms with Crippen LogP contribution in [-0.4, -0.2) is 15.5 Å². The number of amides is 1. The smallest absolute Gasteiger partial charge is 0.262 e. The lowest BCUT2D eigenvalue weighted by Crippen LogP contribution is -2.23. The highest BCUT2D eigenvalue weighted by Gasteiger charge is 2.08. The van der Waals surface area contributed by atoms with E-state index in [1.165, 1.54) is 22.2 Å². The second-order valence-corrected chi connectivity index (χ2v) is 6.89. The number of benzene rings is 1. The molecule has 3 rings (SSSR count). The second-order valence-electron chi connectivity index (χ2n) is 5.14. The summed E-state index contributed by atoms with van der Waals surface area (Å²) in [5.41, 5.74) is 1.72. The van der Waals surface area contributed by atoms with Crippen molar-refractivity contribution in [3.05, 3.63) is 56.4 Å². The van der Waals surface area contributed by atoms with Crippen LogP contribution in [0.4, 0.5) is 5.69 Å². The van der Waals surface area contributed by atoms with Gasteiger partial charge in [-0.05, 0) is 36.1 Å². The van der Waals surface area contributed by atoms with Gasteiger partial charge in [-0.3, -0.25) is 14.2 Å². The molecule has 23 heavy (non-hydrogen) atoms.